The van der Waals surface area contributed by atoms with Crippen LogP contribution in [0, 0.1) is 16.7 Å². The van der Waals surface area contributed by atoms with E-state index in [4.69, 9.17) is 9.47 Å². The van der Waals surface area contributed by atoms with Crippen LogP contribution < -0.4 is 4.90 Å². The van der Waals surface area contributed by atoms with Gasteiger partial charge >= 0.3 is 17.8 Å². The Bertz CT molecular complexity index is 1430. The first-order chi connectivity index (χ1) is 17.6. The Morgan fingerprint density at radius 1 is 1.08 bits per heavy atom. The van der Waals surface area contributed by atoms with Gasteiger partial charge in [0.15, 0.2) is 4.98 Å². The quantitative estimate of drug-likeness (QED) is 0.161. The second kappa shape index (κ2) is 11.4. The number of para-hydroxylation sites is 1. The SMILES string of the molecule is CCOC(=O)/C([N+]#N)=C(\O)c1sc(-c2ccccc2)cc1N(C(=O)OC(C)(C)C)c1ccccc1C#N. The van der Waals surface area contributed by atoms with Crippen LogP contribution in [0.1, 0.15) is 38.1 Å². The zero-order valence-electron chi connectivity index (χ0n) is 20.8. The highest BCUT2D eigenvalue weighted by atomic mass is 32.1. The fraction of sp³-hybridized carbons (Fsp3) is 0.222. The predicted octanol–water partition coefficient (Wildman–Crippen LogP) is 7.00. The van der Waals surface area contributed by atoms with Gasteiger partial charge in [0, 0.05) is 4.88 Å². The standard InChI is InChI=1S/C27H24N4O5S/c1-5-35-25(33)22(30-29)23(32)24-20(15-21(37-24)17-11-7-6-8-12-17)31(26(34)36-27(2,3)4)19-14-10-9-13-18(19)16-28/h6-15H,5H2,1-4H3/p+1. The third-order valence-electron chi connectivity index (χ3n) is 4.86. The van der Waals surface area contributed by atoms with Crippen LogP contribution in [0.5, 0.6) is 0 Å². The minimum atomic E-state index is -1.05. The molecule has 2 aromatic carbocycles. The molecule has 0 atom stereocenters. The Kier molecular flexibility index (Phi) is 8.28. The lowest BCUT2D eigenvalue weighted by Gasteiger charge is -2.28. The second-order valence-electron chi connectivity index (χ2n) is 8.65. The van der Waals surface area contributed by atoms with Crippen molar-refractivity contribution >= 4 is 40.5 Å². The van der Waals surface area contributed by atoms with Gasteiger partial charge in [0.1, 0.15) is 16.5 Å². The Hall–Kier alpha value is -4.67. The van der Waals surface area contributed by atoms with Gasteiger partial charge in [0.05, 0.1) is 23.5 Å². The van der Waals surface area contributed by atoms with E-state index in [2.05, 4.69) is 11.0 Å². The van der Waals surface area contributed by atoms with Crippen molar-refractivity contribution in [2.24, 2.45) is 0 Å². The van der Waals surface area contributed by atoms with Crippen molar-refractivity contribution in [2.45, 2.75) is 33.3 Å². The molecule has 0 bridgehead atoms. The molecule has 9 nitrogen and oxygen atoms in total. The number of ether oxygens (including phenoxy) is 2. The van der Waals surface area contributed by atoms with Crippen molar-refractivity contribution in [3.8, 4) is 16.5 Å². The lowest BCUT2D eigenvalue weighted by atomic mass is 10.1. The van der Waals surface area contributed by atoms with E-state index in [0.717, 1.165) is 21.8 Å². The number of aliphatic hydroxyl groups excluding tert-OH is 1. The first-order valence-electron chi connectivity index (χ1n) is 11.3. The van der Waals surface area contributed by atoms with E-state index in [1.807, 2.05) is 30.3 Å². The topological polar surface area (TPSA) is 128 Å². The number of hydrogen-bond donors (Lipinski definition) is 1. The number of hydrogen-bond acceptors (Lipinski definition) is 8. The Morgan fingerprint density at radius 3 is 2.32 bits per heavy atom. The number of aliphatic hydroxyl groups is 1. The number of anilines is 2. The fourth-order valence-electron chi connectivity index (χ4n) is 3.35. The van der Waals surface area contributed by atoms with Crippen molar-refractivity contribution in [2.75, 3.05) is 11.5 Å². The first kappa shape index (κ1) is 26.9. The van der Waals surface area contributed by atoms with Crippen LogP contribution in [0.4, 0.5) is 16.2 Å². The summed E-state index contributed by atoms with van der Waals surface area (Å²) in [6.45, 7) is 6.65. The van der Waals surface area contributed by atoms with Crippen molar-refractivity contribution in [1.82, 2.24) is 0 Å². The normalized spacial score (nSPS) is 11.5. The number of amides is 1. The summed E-state index contributed by atoms with van der Waals surface area (Å²) in [5, 5.41) is 30.4. The molecule has 1 N–H and O–H groups in total. The van der Waals surface area contributed by atoms with E-state index in [9.17, 15) is 25.4 Å². The smallest absolute Gasteiger partial charge is 0.500 e. The molecule has 0 unspecified atom stereocenters. The molecule has 0 radical (unpaired) electrons. The van der Waals surface area contributed by atoms with Crippen molar-refractivity contribution in [3.63, 3.8) is 0 Å². The van der Waals surface area contributed by atoms with Crippen LogP contribution >= 0.6 is 11.3 Å². The van der Waals surface area contributed by atoms with Gasteiger partial charge in [0.25, 0.3) is 0 Å². The fourth-order valence-corrected chi connectivity index (χ4v) is 4.44. The summed E-state index contributed by atoms with van der Waals surface area (Å²) in [6, 6.07) is 19.3. The maximum atomic E-state index is 13.6. The molecule has 188 valence electrons. The number of esters is 1. The molecule has 10 heteroatoms. The second-order valence-corrected chi connectivity index (χ2v) is 9.71. The molecule has 0 fully saturated rings. The third-order valence-corrected chi connectivity index (χ3v) is 6.04. The zero-order chi connectivity index (χ0) is 27.2. The lowest BCUT2D eigenvalue weighted by molar-refractivity contribution is -0.138. The van der Waals surface area contributed by atoms with Gasteiger partial charge < -0.3 is 14.6 Å². The molecule has 0 aliphatic heterocycles. The Labute approximate surface area is 218 Å². The highest BCUT2D eigenvalue weighted by Crippen LogP contribution is 2.44. The van der Waals surface area contributed by atoms with E-state index in [-0.39, 0.29) is 28.4 Å². The van der Waals surface area contributed by atoms with Gasteiger partial charge in [-0.05, 0) is 51.5 Å². The molecule has 0 saturated heterocycles. The summed E-state index contributed by atoms with van der Waals surface area (Å²) in [6.07, 6.45) is -0.819. The maximum Gasteiger partial charge on any atom is 0.510 e. The average molecular weight is 518 g/mol. The van der Waals surface area contributed by atoms with E-state index in [0.29, 0.717) is 4.88 Å². The van der Waals surface area contributed by atoms with E-state index < -0.39 is 29.1 Å². The number of nitriles is 1. The summed E-state index contributed by atoms with van der Waals surface area (Å²) in [5.41, 5.74) is -0.365. The zero-order valence-corrected chi connectivity index (χ0v) is 21.6. The highest BCUT2D eigenvalue weighted by Gasteiger charge is 2.37. The van der Waals surface area contributed by atoms with Gasteiger partial charge in [-0.3, -0.25) is 0 Å². The average Bonchev–Trinajstić information content (AvgIpc) is 3.29. The summed E-state index contributed by atoms with van der Waals surface area (Å²) < 4.78 is 10.6. The predicted molar refractivity (Wildman–Crippen MR) is 141 cm³/mol. The minimum absolute atomic E-state index is 0.0166. The van der Waals surface area contributed by atoms with Gasteiger partial charge in [-0.25, -0.2) is 14.5 Å². The molecule has 1 amide bonds. The summed E-state index contributed by atoms with van der Waals surface area (Å²) in [4.78, 5) is 30.7. The molecule has 0 saturated carbocycles. The number of rotatable bonds is 6. The number of thiophene rings is 1. The maximum absolute atomic E-state index is 13.6. The summed E-state index contributed by atoms with van der Waals surface area (Å²) >= 11 is 1.05. The number of benzene rings is 2. The number of carbonyl (C=O) groups is 2. The van der Waals surface area contributed by atoms with Crippen LogP contribution in [0.2, 0.25) is 0 Å². The van der Waals surface area contributed by atoms with Crippen LogP contribution in [-0.2, 0) is 14.3 Å². The molecule has 3 rings (SSSR count). The molecule has 0 aliphatic rings. The molecule has 37 heavy (non-hydrogen) atoms. The Morgan fingerprint density at radius 2 is 1.73 bits per heavy atom. The third kappa shape index (κ3) is 6.13. The first-order valence-corrected chi connectivity index (χ1v) is 12.1. The van der Waals surface area contributed by atoms with Crippen LogP contribution in [-0.4, -0.2) is 29.4 Å². The highest BCUT2D eigenvalue weighted by molar-refractivity contribution is 7.17. The van der Waals surface area contributed by atoms with Crippen LogP contribution in [0.25, 0.3) is 21.2 Å². The van der Waals surface area contributed by atoms with E-state index in [1.54, 1.807) is 58.0 Å². The largest absolute Gasteiger partial charge is 0.510 e. The van der Waals surface area contributed by atoms with Crippen LogP contribution in [0.3, 0.4) is 0 Å². The van der Waals surface area contributed by atoms with Crippen molar-refractivity contribution in [1.29, 1.82) is 10.7 Å². The van der Waals surface area contributed by atoms with Crippen molar-refractivity contribution in [3.05, 3.63) is 81.8 Å². The molecule has 3 aromatic rings. The molecule has 0 spiro atoms. The summed E-state index contributed by atoms with van der Waals surface area (Å²) in [5.74, 6) is -1.75. The number of nitrogens with zero attached hydrogens (tertiary/aromatic N) is 4. The van der Waals surface area contributed by atoms with E-state index in [1.165, 1.54) is 0 Å². The van der Waals surface area contributed by atoms with Crippen LogP contribution in [0.15, 0.2) is 66.4 Å². The van der Waals surface area contributed by atoms with Gasteiger partial charge in [-0.15, -0.1) is 11.3 Å². The monoisotopic (exact) mass is 517 g/mol. The Balaban J connectivity index is 2.37. The molecule has 1 aromatic heterocycles. The molecular weight excluding hydrogens is 492 g/mol. The van der Waals surface area contributed by atoms with E-state index >= 15 is 0 Å². The van der Waals surface area contributed by atoms with Gasteiger partial charge in [0.2, 0.25) is 11.2 Å². The lowest BCUT2D eigenvalue weighted by Crippen LogP contribution is -2.34. The van der Waals surface area contributed by atoms with Gasteiger partial charge in [-0.2, -0.15) is 5.26 Å². The molecular formula is C27H25N4O5S+. The molecule has 1 heterocycles. The summed E-state index contributed by atoms with van der Waals surface area (Å²) in [7, 11) is 0. The molecule has 0 aliphatic carbocycles. The number of diazo groups is 1. The minimum Gasteiger partial charge on any atom is -0.500 e. The van der Waals surface area contributed by atoms with Crippen molar-refractivity contribution < 1.29 is 24.2 Å². The van der Waals surface area contributed by atoms with Gasteiger partial charge in [-0.1, -0.05) is 42.5 Å². The number of carbonyl (C=O) groups excluding carboxylic acids is 2.